The summed E-state index contributed by atoms with van der Waals surface area (Å²) in [6, 6.07) is 14.1. The highest BCUT2D eigenvalue weighted by Crippen LogP contribution is 2.23. The standard InChI is InChI=1S/C19H16ClN3O2/c1-12-6-8-14(9-7-12)23-11-10-17(24)18(22-23)19(25)21-16-5-3-4-15(20)13(16)2/h3-11H,1-2H3,(H,21,25). The van der Waals surface area contributed by atoms with E-state index in [0.717, 1.165) is 16.8 Å². The minimum absolute atomic E-state index is 0.178. The normalized spacial score (nSPS) is 10.5. The van der Waals surface area contributed by atoms with Crippen LogP contribution in [0, 0.1) is 13.8 Å². The van der Waals surface area contributed by atoms with Crippen molar-refractivity contribution in [3.8, 4) is 5.69 Å². The minimum Gasteiger partial charge on any atom is -0.320 e. The Balaban J connectivity index is 1.95. The molecule has 3 rings (SSSR count). The molecule has 0 saturated carbocycles. The quantitative estimate of drug-likeness (QED) is 0.779. The van der Waals surface area contributed by atoms with Gasteiger partial charge < -0.3 is 5.32 Å². The van der Waals surface area contributed by atoms with Gasteiger partial charge in [-0.05, 0) is 43.7 Å². The van der Waals surface area contributed by atoms with E-state index in [9.17, 15) is 9.59 Å². The third kappa shape index (κ3) is 3.61. The van der Waals surface area contributed by atoms with Gasteiger partial charge >= 0.3 is 0 Å². The second-order valence-electron chi connectivity index (χ2n) is 5.68. The molecule has 1 N–H and O–H groups in total. The van der Waals surface area contributed by atoms with Gasteiger partial charge in [-0.2, -0.15) is 5.10 Å². The number of amides is 1. The van der Waals surface area contributed by atoms with Crippen LogP contribution in [0.4, 0.5) is 5.69 Å². The molecule has 0 unspecified atom stereocenters. The Hall–Kier alpha value is -2.92. The first-order valence-corrected chi connectivity index (χ1v) is 8.07. The molecule has 0 aliphatic heterocycles. The van der Waals surface area contributed by atoms with E-state index in [-0.39, 0.29) is 5.69 Å². The maximum Gasteiger partial charge on any atom is 0.280 e. The summed E-state index contributed by atoms with van der Waals surface area (Å²) in [5.74, 6) is -0.572. The van der Waals surface area contributed by atoms with E-state index in [1.165, 1.54) is 16.9 Å². The monoisotopic (exact) mass is 353 g/mol. The predicted octanol–water partition coefficient (Wildman–Crippen LogP) is 3.76. The van der Waals surface area contributed by atoms with Gasteiger partial charge in [-0.3, -0.25) is 9.59 Å². The molecule has 3 aromatic rings. The van der Waals surface area contributed by atoms with Gasteiger partial charge in [-0.15, -0.1) is 0 Å². The van der Waals surface area contributed by atoms with Crippen LogP contribution in [0.2, 0.25) is 5.02 Å². The number of nitrogens with one attached hydrogen (secondary N) is 1. The van der Waals surface area contributed by atoms with Crippen molar-refractivity contribution in [2.75, 3.05) is 5.32 Å². The number of rotatable bonds is 3. The number of hydrogen-bond acceptors (Lipinski definition) is 3. The van der Waals surface area contributed by atoms with E-state index in [1.807, 2.05) is 31.2 Å². The molecule has 6 heteroatoms. The molecule has 1 heterocycles. The maximum absolute atomic E-state index is 12.5. The number of carbonyl (C=O) groups is 1. The van der Waals surface area contributed by atoms with Crippen LogP contribution >= 0.6 is 11.6 Å². The number of aromatic nitrogens is 2. The topological polar surface area (TPSA) is 64.0 Å². The number of halogens is 1. The maximum atomic E-state index is 12.5. The Labute approximate surface area is 149 Å². The second kappa shape index (κ2) is 6.91. The summed E-state index contributed by atoms with van der Waals surface area (Å²) in [7, 11) is 0. The Bertz CT molecular complexity index is 994. The van der Waals surface area contributed by atoms with Crippen LogP contribution < -0.4 is 10.7 Å². The first-order chi connectivity index (χ1) is 12.0. The van der Waals surface area contributed by atoms with Crippen molar-refractivity contribution in [1.29, 1.82) is 0 Å². The highest BCUT2D eigenvalue weighted by Gasteiger charge is 2.15. The molecule has 25 heavy (non-hydrogen) atoms. The summed E-state index contributed by atoms with van der Waals surface area (Å²) in [6.07, 6.45) is 1.54. The molecule has 0 aliphatic rings. The lowest BCUT2D eigenvalue weighted by Crippen LogP contribution is -2.25. The molecule has 1 amide bonds. The van der Waals surface area contributed by atoms with Crippen molar-refractivity contribution in [2.45, 2.75) is 13.8 Å². The van der Waals surface area contributed by atoms with E-state index in [0.29, 0.717) is 10.7 Å². The summed E-state index contributed by atoms with van der Waals surface area (Å²) in [6.45, 7) is 3.77. The third-order valence-electron chi connectivity index (χ3n) is 3.84. The van der Waals surface area contributed by atoms with Gasteiger partial charge in [0.2, 0.25) is 5.43 Å². The van der Waals surface area contributed by atoms with Crippen molar-refractivity contribution in [3.05, 3.63) is 86.8 Å². The molecule has 1 aromatic heterocycles. The number of carbonyl (C=O) groups excluding carboxylic acids is 1. The molecule has 0 saturated heterocycles. The summed E-state index contributed by atoms with van der Waals surface area (Å²) in [5.41, 5.74) is 2.53. The Morgan fingerprint density at radius 2 is 1.80 bits per heavy atom. The molecular weight excluding hydrogens is 338 g/mol. The molecule has 0 spiro atoms. The zero-order chi connectivity index (χ0) is 18.0. The van der Waals surface area contributed by atoms with Crippen LogP contribution in [-0.2, 0) is 0 Å². The largest absolute Gasteiger partial charge is 0.320 e. The van der Waals surface area contributed by atoms with E-state index >= 15 is 0 Å². The summed E-state index contributed by atoms with van der Waals surface area (Å²) < 4.78 is 1.50. The molecule has 126 valence electrons. The molecule has 5 nitrogen and oxygen atoms in total. The van der Waals surface area contributed by atoms with E-state index in [2.05, 4.69) is 10.4 Å². The lowest BCUT2D eigenvalue weighted by Gasteiger charge is -2.10. The molecule has 0 atom stereocenters. The van der Waals surface area contributed by atoms with Gasteiger partial charge in [0.1, 0.15) is 0 Å². The fourth-order valence-electron chi connectivity index (χ4n) is 2.33. The van der Waals surface area contributed by atoms with Crippen LogP contribution in [0.25, 0.3) is 5.69 Å². The highest BCUT2D eigenvalue weighted by atomic mass is 35.5. The highest BCUT2D eigenvalue weighted by molar-refractivity contribution is 6.31. The number of benzene rings is 2. The van der Waals surface area contributed by atoms with Crippen LogP contribution in [0.5, 0.6) is 0 Å². The van der Waals surface area contributed by atoms with E-state index in [4.69, 9.17) is 11.6 Å². The van der Waals surface area contributed by atoms with Gasteiger partial charge in [0.05, 0.1) is 5.69 Å². The molecule has 0 fully saturated rings. The first-order valence-electron chi connectivity index (χ1n) is 7.69. The average Bonchev–Trinajstić information content (AvgIpc) is 2.60. The summed E-state index contributed by atoms with van der Waals surface area (Å²) >= 11 is 6.06. The van der Waals surface area contributed by atoms with Crippen LogP contribution in [0.15, 0.2) is 59.5 Å². The second-order valence-corrected chi connectivity index (χ2v) is 6.08. The van der Waals surface area contributed by atoms with Crippen LogP contribution in [0.1, 0.15) is 21.6 Å². The van der Waals surface area contributed by atoms with Crippen molar-refractivity contribution >= 4 is 23.2 Å². The van der Waals surface area contributed by atoms with Gasteiger partial charge in [0.15, 0.2) is 5.69 Å². The summed E-state index contributed by atoms with van der Waals surface area (Å²) in [4.78, 5) is 24.6. The lowest BCUT2D eigenvalue weighted by atomic mass is 10.2. The van der Waals surface area contributed by atoms with Crippen LogP contribution in [-0.4, -0.2) is 15.7 Å². The first kappa shape index (κ1) is 16.9. The van der Waals surface area contributed by atoms with E-state index in [1.54, 1.807) is 25.1 Å². The number of hydrogen-bond donors (Lipinski definition) is 1. The van der Waals surface area contributed by atoms with Crippen molar-refractivity contribution < 1.29 is 4.79 Å². The molecule has 2 aromatic carbocycles. The van der Waals surface area contributed by atoms with Crippen LogP contribution in [0.3, 0.4) is 0 Å². The average molecular weight is 354 g/mol. The number of nitrogens with zero attached hydrogens (tertiary/aromatic N) is 2. The van der Waals surface area contributed by atoms with Gasteiger partial charge in [-0.1, -0.05) is 35.4 Å². The zero-order valence-electron chi connectivity index (χ0n) is 13.8. The molecule has 0 radical (unpaired) electrons. The fourth-order valence-corrected chi connectivity index (χ4v) is 2.51. The zero-order valence-corrected chi connectivity index (χ0v) is 14.5. The number of anilines is 1. The number of aryl methyl sites for hydroxylation is 1. The van der Waals surface area contributed by atoms with E-state index < -0.39 is 11.3 Å². The molecule has 0 bridgehead atoms. The predicted molar refractivity (Wildman–Crippen MR) is 98.7 cm³/mol. The lowest BCUT2D eigenvalue weighted by molar-refractivity contribution is 0.101. The fraction of sp³-hybridized carbons (Fsp3) is 0.105. The van der Waals surface area contributed by atoms with Gasteiger partial charge in [0, 0.05) is 23.0 Å². The van der Waals surface area contributed by atoms with Crippen molar-refractivity contribution in [2.24, 2.45) is 0 Å². The van der Waals surface area contributed by atoms with Gasteiger partial charge in [-0.25, -0.2) is 4.68 Å². The van der Waals surface area contributed by atoms with Crippen molar-refractivity contribution in [1.82, 2.24) is 9.78 Å². The van der Waals surface area contributed by atoms with Gasteiger partial charge in [0.25, 0.3) is 5.91 Å². The Morgan fingerprint density at radius 1 is 1.08 bits per heavy atom. The SMILES string of the molecule is Cc1ccc(-n2ccc(=O)c(C(=O)Nc3cccc(Cl)c3C)n2)cc1. The third-order valence-corrected chi connectivity index (χ3v) is 4.25. The van der Waals surface area contributed by atoms with Crippen molar-refractivity contribution in [3.63, 3.8) is 0 Å². The smallest absolute Gasteiger partial charge is 0.280 e. The Kier molecular flexibility index (Phi) is 4.67. The minimum atomic E-state index is -0.572. The summed E-state index contributed by atoms with van der Waals surface area (Å²) in [5, 5.41) is 7.41. The Morgan fingerprint density at radius 3 is 2.52 bits per heavy atom. The molecule has 0 aliphatic carbocycles. The molecular formula is C19H16ClN3O2.